The van der Waals surface area contributed by atoms with Crippen molar-refractivity contribution in [2.24, 2.45) is 0 Å². The largest absolute Gasteiger partial charge is 0.494 e. The lowest BCUT2D eigenvalue weighted by Gasteiger charge is -2.25. The van der Waals surface area contributed by atoms with Gasteiger partial charge in [-0.2, -0.15) is 4.98 Å². The molecule has 0 saturated carbocycles. The van der Waals surface area contributed by atoms with Gasteiger partial charge in [0.05, 0.1) is 20.3 Å². The number of H-pyrrole nitrogens is 1. The number of methoxy groups -OCH3 is 1. The lowest BCUT2D eigenvalue weighted by Crippen LogP contribution is -2.36. The molecule has 0 amide bonds. The highest BCUT2D eigenvalue weighted by Crippen LogP contribution is 2.32. The van der Waals surface area contributed by atoms with Gasteiger partial charge in [-0.15, -0.1) is 5.10 Å². The third kappa shape index (κ3) is 2.56. The summed E-state index contributed by atoms with van der Waals surface area (Å²) in [4.78, 5) is 11.4. The monoisotopic (exact) mass is 325 g/mol. The van der Waals surface area contributed by atoms with Gasteiger partial charge in [0.2, 0.25) is 5.95 Å². The van der Waals surface area contributed by atoms with E-state index in [9.17, 15) is 0 Å². The molecule has 1 fully saturated rings. The minimum absolute atomic E-state index is 0.706. The van der Waals surface area contributed by atoms with Crippen LogP contribution in [0.1, 0.15) is 5.69 Å². The Morgan fingerprint density at radius 2 is 1.96 bits per heavy atom. The summed E-state index contributed by atoms with van der Waals surface area (Å²) in [5.41, 5.74) is 2.74. The number of morpholine rings is 1. The van der Waals surface area contributed by atoms with E-state index in [0.29, 0.717) is 19.2 Å². The van der Waals surface area contributed by atoms with Gasteiger partial charge in [-0.05, 0) is 25.1 Å². The Kier molecular flexibility index (Phi) is 3.78. The van der Waals surface area contributed by atoms with Crippen LogP contribution in [-0.2, 0) is 4.74 Å². The van der Waals surface area contributed by atoms with E-state index < -0.39 is 0 Å². The van der Waals surface area contributed by atoms with Gasteiger partial charge < -0.3 is 14.4 Å². The van der Waals surface area contributed by atoms with Crippen molar-refractivity contribution in [2.45, 2.75) is 6.92 Å². The van der Waals surface area contributed by atoms with Crippen molar-refractivity contribution in [3.05, 3.63) is 30.0 Å². The van der Waals surface area contributed by atoms with Gasteiger partial charge in [-0.3, -0.25) is 5.10 Å². The highest BCUT2D eigenvalue weighted by molar-refractivity contribution is 5.96. The van der Waals surface area contributed by atoms with Crippen LogP contribution in [0.4, 0.5) is 5.95 Å². The Balaban J connectivity index is 1.78. The minimum Gasteiger partial charge on any atom is -0.494 e. The minimum atomic E-state index is 0.706. The van der Waals surface area contributed by atoms with Gasteiger partial charge >= 0.3 is 0 Å². The maximum atomic E-state index is 5.44. The lowest BCUT2D eigenvalue weighted by atomic mass is 10.1. The van der Waals surface area contributed by atoms with Crippen molar-refractivity contribution in [1.29, 1.82) is 0 Å². The zero-order valence-electron chi connectivity index (χ0n) is 13.7. The van der Waals surface area contributed by atoms with E-state index in [4.69, 9.17) is 9.47 Å². The third-order valence-electron chi connectivity index (χ3n) is 4.20. The number of anilines is 1. The molecule has 0 bridgehead atoms. The molecule has 1 aliphatic rings. The maximum Gasteiger partial charge on any atom is 0.245 e. The first kappa shape index (κ1) is 14.9. The number of nitrogens with one attached hydrogen (secondary N) is 1. The van der Waals surface area contributed by atoms with Gasteiger partial charge in [0.25, 0.3) is 0 Å². The number of benzene rings is 1. The molecule has 0 atom stereocenters. The SMILES string of the molecule is COc1ccc(-c2nc(N3CCOCC3)n[nH]2)c2ccc(C)nc12. The predicted octanol–water partition coefficient (Wildman–Crippen LogP) is 2.17. The molecular weight excluding hydrogens is 306 g/mol. The van der Waals surface area contributed by atoms with Crippen molar-refractivity contribution in [3.63, 3.8) is 0 Å². The number of fused-ring (bicyclic) bond motifs is 1. The summed E-state index contributed by atoms with van der Waals surface area (Å²) in [7, 11) is 1.66. The fourth-order valence-corrected chi connectivity index (χ4v) is 2.94. The molecule has 4 rings (SSSR count). The summed E-state index contributed by atoms with van der Waals surface area (Å²) in [6.07, 6.45) is 0. The molecule has 2 aromatic heterocycles. The molecule has 0 spiro atoms. The maximum absolute atomic E-state index is 5.44. The first-order valence-corrected chi connectivity index (χ1v) is 7.96. The summed E-state index contributed by atoms with van der Waals surface area (Å²) in [6.45, 7) is 5.00. The average molecular weight is 325 g/mol. The second-order valence-corrected chi connectivity index (χ2v) is 5.75. The smallest absolute Gasteiger partial charge is 0.245 e. The summed E-state index contributed by atoms with van der Waals surface area (Å²) in [5, 5.41) is 8.41. The fourth-order valence-electron chi connectivity index (χ4n) is 2.94. The number of nitrogens with zero attached hydrogens (tertiary/aromatic N) is 4. The summed E-state index contributed by atoms with van der Waals surface area (Å²) in [5.74, 6) is 2.19. The van der Waals surface area contributed by atoms with Crippen molar-refractivity contribution >= 4 is 16.9 Å². The highest BCUT2D eigenvalue weighted by atomic mass is 16.5. The van der Waals surface area contributed by atoms with Gasteiger partial charge in [0, 0.05) is 29.7 Å². The van der Waals surface area contributed by atoms with Crippen molar-refractivity contribution in [3.8, 4) is 17.1 Å². The standard InChI is InChI=1S/C17H19N5O2/c1-11-3-4-12-13(5-6-14(23-2)15(12)18-11)16-19-17(21-20-16)22-7-9-24-10-8-22/h3-6H,7-10H2,1-2H3,(H,19,20,21). The van der Waals surface area contributed by atoms with Crippen LogP contribution in [-0.4, -0.2) is 53.6 Å². The Hall–Kier alpha value is -2.67. The number of hydrogen-bond donors (Lipinski definition) is 1. The molecule has 0 unspecified atom stereocenters. The Morgan fingerprint density at radius 1 is 1.12 bits per heavy atom. The number of rotatable bonds is 3. The Labute approximate surface area is 139 Å². The zero-order chi connectivity index (χ0) is 16.5. The van der Waals surface area contributed by atoms with Crippen molar-refractivity contribution < 1.29 is 9.47 Å². The summed E-state index contributed by atoms with van der Waals surface area (Å²) >= 11 is 0. The van der Waals surface area contributed by atoms with Gasteiger partial charge in [0.15, 0.2) is 5.82 Å². The molecule has 0 aliphatic carbocycles. The van der Waals surface area contributed by atoms with Crippen molar-refractivity contribution in [2.75, 3.05) is 38.3 Å². The molecular formula is C17H19N5O2. The second kappa shape index (κ2) is 6.09. The Morgan fingerprint density at radius 3 is 2.75 bits per heavy atom. The van der Waals surface area contributed by atoms with Crippen LogP contribution in [0.25, 0.3) is 22.3 Å². The average Bonchev–Trinajstić information content (AvgIpc) is 3.11. The Bertz CT molecular complexity index is 871. The van der Waals surface area contributed by atoms with Gasteiger partial charge in [0.1, 0.15) is 11.3 Å². The second-order valence-electron chi connectivity index (χ2n) is 5.75. The number of hydrogen-bond acceptors (Lipinski definition) is 6. The molecule has 1 saturated heterocycles. The summed E-state index contributed by atoms with van der Waals surface area (Å²) in [6, 6.07) is 7.94. The van der Waals surface area contributed by atoms with E-state index in [1.807, 2.05) is 31.2 Å². The van der Waals surface area contributed by atoms with E-state index in [1.54, 1.807) is 7.11 Å². The van der Waals surface area contributed by atoms with Crippen LogP contribution in [0, 0.1) is 6.92 Å². The van der Waals surface area contributed by atoms with Crippen LogP contribution in [0.2, 0.25) is 0 Å². The molecule has 24 heavy (non-hydrogen) atoms. The van der Waals surface area contributed by atoms with Crippen LogP contribution >= 0.6 is 0 Å². The first-order chi connectivity index (χ1) is 11.8. The fraction of sp³-hybridized carbons (Fsp3) is 0.353. The molecule has 1 aliphatic heterocycles. The van der Waals surface area contributed by atoms with E-state index >= 15 is 0 Å². The topological polar surface area (TPSA) is 76.2 Å². The first-order valence-electron chi connectivity index (χ1n) is 7.96. The zero-order valence-corrected chi connectivity index (χ0v) is 13.7. The number of ether oxygens (including phenoxy) is 2. The number of aromatic nitrogens is 4. The van der Waals surface area contributed by atoms with Crippen molar-refractivity contribution in [1.82, 2.24) is 20.2 Å². The molecule has 7 heteroatoms. The van der Waals surface area contributed by atoms with Gasteiger partial charge in [-0.1, -0.05) is 6.07 Å². The molecule has 7 nitrogen and oxygen atoms in total. The summed E-state index contributed by atoms with van der Waals surface area (Å²) < 4.78 is 10.8. The number of pyridine rings is 1. The van der Waals surface area contributed by atoms with E-state index in [0.717, 1.165) is 46.8 Å². The molecule has 0 radical (unpaired) electrons. The lowest BCUT2D eigenvalue weighted by molar-refractivity contribution is 0.122. The van der Waals surface area contributed by atoms with E-state index in [1.165, 1.54) is 0 Å². The highest BCUT2D eigenvalue weighted by Gasteiger charge is 2.18. The molecule has 1 aromatic carbocycles. The number of aryl methyl sites for hydroxylation is 1. The van der Waals surface area contributed by atoms with Crippen LogP contribution in [0.3, 0.4) is 0 Å². The third-order valence-corrected chi connectivity index (χ3v) is 4.20. The van der Waals surface area contributed by atoms with Crippen LogP contribution < -0.4 is 9.64 Å². The molecule has 3 heterocycles. The molecule has 3 aromatic rings. The van der Waals surface area contributed by atoms with Crippen LogP contribution in [0.5, 0.6) is 5.75 Å². The predicted molar refractivity (Wildman–Crippen MR) is 91.4 cm³/mol. The normalized spacial score (nSPS) is 15.0. The van der Waals surface area contributed by atoms with Crippen LogP contribution in [0.15, 0.2) is 24.3 Å². The van der Waals surface area contributed by atoms with E-state index in [-0.39, 0.29) is 0 Å². The number of aromatic amines is 1. The quantitative estimate of drug-likeness (QED) is 0.795. The van der Waals surface area contributed by atoms with Gasteiger partial charge in [-0.25, -0.2) is 4.98 Å². The molecule has 124 valence electrons. The molecule has 1 N–H and O–H groups in total. The van der Waals surface area contributed by atoms with E-state index in [2.05, 4.69) is 25.1 Å².